The summed E-state index contributed by atoms with van der Waals surface area (Å²) in [5, 5.41) is 5.16. The molecule has 0 spiro atoms. The minimum atomic E-state index is -0.425. The van der Waals surface area contributed by atoms with Gasteiger partial charge in [0.1, 0.15) is 0 Å². The Morgan fingerprint density at radius 2 is 1.86 bits per heavy atom. The molecule has 0 bridgehead atoms. The molecule has 3 N–H and O–H groups in total. The molecule has 22 heavy (non-hydrogen) atoms. The molecular formula is C17H26N3O2+. The lowest BCUT2D eigenvalue weighted by molar-refractivity contribution is -0.920. The molecule has 0 aliphatic carbocycles. The normalized spacial score (nSPS) is 22.6. The lowest BCUT2D eigenvalue weighted by Gasteiger charge is -2.31. The number of hydrogen-bond acceptors (Lipinski definition) is 2. The van der Waals surface area contributed by atoms with Crippen LogP contribution in [-0.2, 0) is 11.3 Å². The van der Waals surface area contributed by atoms with Crippen LogP contribution in [0.4, 0.5) is 4.79 Å². The van der Waals surface area contributed by atoms with Crippen molar-refractivity contribution in [2.45, 2.75) is 39.3 Å². The molecule has 1 aliphatic heterocycles. The van der Waals surface area contributed by atoms with Gasteiger partial charge < -0.3 is 10.2 Å². The Kier molecular flexibility index (Phi) is 5.95. The maximum Gasteiger partial charge on any atom is 0.321 e. The van der Waals surface area contributed by atoms with E-state index >= 15 is 0 Å². The van der Waals surface area contributed by atoms with E-state index in [9.17, 15) is 9.59 Å². The molecule has 0 saturated carbocycles. The highest BCUT2D eigenvalue weighted by atomic mass is 16.2. The number of urea groups is 1. The third-order valence-corrected chi connectivity index (χ3v) is 4.45. The summed E-state index contributed by atoms with van der Waals surface area (Å²) in [5.41, 5.74) is 1.01. The van der Waals surface area contributed by atoms with Crippen LogP contribution in [0.2, 0.25) is 0 Å². The van der Waals surface area contributed by atoms with Crippen LogP contribution in [0.5, 0.6) is 0 Å². The van der Waals surface area contributed by atoms with E-state index in [1.165, 1.54) is 4.90 Å². The quantitative estimate of drug-likeness (QED) is 0.767. The first-order chi connectivity index (χ1) is 10.6. The van der Waals surface area contributed by atoms with Crippen LogP contribution in [0, 0.1) is 5.92 Å². The molecular weight excluding hydrogens is 278 g/mol. The third-order valence-electron chi connectivity index (χ3n) is 4.45. The van der Waals surface area contributed by atoms with E-state index in [-0.39, 0.29) is 11.9 Å². The van der Waals surface area contributed by atoms with Gasteiger partial charge in [0, 0.05) is 6.54 Å². The summed E-state index contributed by atoms with van der Waals surface area (Å²) in [6, 6.07) is 9.02. The average molecular weight is 304 g/mol. The van der Waals surface area contributed by atoms with Gasteiger partial charge >= 0.3 is 6.03 Å². The smallest absolute Gasteiger partial charge is 0.321 e. The van der Waals surface area contributed by atoms with Gasteiger partial charge in [0.2, 0.25) is 0 Å². The molecule has 1 aliphatic rings. The second kappa shape index (κ2) is 7.94. The van der Waals surface area contributed by atoms with Gasteiger partial charge in [-0.2, -0.15) is 0 Å². The topological polar surface area (TPSA) is 62.6 Å². The summed E-state index contributed by atoms with van der Waals surface area (Å²) in [4.78, 5) is 25.2. The summed E-state index contributed by atoms with van der Waals surface area (Å²) in [7, 11) is 0. The highest BCUT2D eigenvalue weighted by Gasteiger charge is 2.29. The SMILES string of the molecule is CC1CC[NH+]([C@H](C)C(=O)NC(=O)NCc2ccccc2)CC1. The van der Waals surface area contributed by atoms with Gasteiger partial charge in [-0.25, -0.2) is 4.79 Å². The molecule has 3 amide bonds. The molecule has 5 nitrogen and oxygen atoms in total. The Balaban J connectivity index is 1.74. The summed E-state index contributed by atoms with van der Waals surface area (Å²) in [6.07, 6.45) is 2.29. The number of hydrogen-bond donors (Lipinski definition) is 3. The van der Waals surface area contributed by atoms with Crippen LogP contribution >= 0.6 is 0 Å². The van der Waals surface area contributed by atoms with Gasteiger partial charge in [0.05, 0.1) is 13.1 Å². The number of carbonyl (C=O) groups excluding carboxylic acids is 2. The molecule has 0 aromatic heterocycles. The zero-order valence-corrected chi connectivity index (χ0v) is 13.4. The zero-order valence-electron chi connectivity index (χ0n) is 13.4. The number of imide groups is 1. The van der Waals surface area contributed by atoms with Crippen LogP contribution in [0.3, 0.4) is 0 Å². The van der Waals surface area contributed by atoms with Crippen LogP contribution < -0.4 is 15.5 Å². The number of quaternary nitrogens is 1. The van der Waals surface area contributed by atoms with E-state index in [2.05, 4.69) is 17.6 Å². The van der Waals surface area contributed by atoms with Gasteiger partial charge in [-0.15, -0.1) is 0 Å². The zero-order chi connectivity index (χ0) is 15.9. The maximum atomic E-state index is 12.2. The van der Waals surface area contributed by atoms with Crippen LogP contribution in [-0.4, -0.2) is 31.1 Å². The molecule has 1 fully saturated rings. The number of likely N-dealkylation sites (tertiary alicyclic amines) is 1. The number of benzene rings is 1. The van der Waals surface area contributed by atoms with Gasteiger partial charge in [0.15, 0.2) is 6.04 Å². The average Bonchev–Trinajstić information content (AvgIpc) is 2.54. The minimum Gasteiger partial charge on any atom is -0.334 e. The Morgan fingerprint density at radius 3 is 2.50 bits per heavy atom. The van der Waals surface area contributed by atoms with Gasteiger partial charge in [-0.3, -0.25) is 10.1 Å². The van der Waals surface area contributed by atoms with E-state index in [0.29, 0.717) is 6.54 Å². The fourth-order valence-corrected chi connectivity index (χ4v) is 2.79. The number of amides is 3. The maximum absolute atomic E-state index is 12.2. The fourth-order valence-electron chi connectivity index (χ4n) is 2.79. The first kappa shape index (κ1) is 16.5. The fraction of sp³-hybridized carbons (Fsp3) is 0.529. The molecule has 0 unspecified atom stereocenters. The lowest BCUT2D eigenvalue weighted by Crippen LogP contribution is -3.17. The second-order valence-corrected chi connectivity index (χ2v) is 6.22. The molecule has 5 heteroatoms. The van der Waals surface area contributed by atoms with E-state index < -0.39 is 6.03 Å². The van der Waals surface area contributed by atoms with E-state index in [1.807, 2.05) is 37.3 Å². The van der Waals surface area contributed by atoms with E-state index in [0.717, 1.165) is 37.4 Å². The lowest BCUT2D eigenvalue weighted by atomic mass is 9.98. The predicted molar refractivity (Wildman–Crippen MR) is 85.4 cm³/mol. The predicted octanol–water partition coefficient (Wildman–Crippen LogP) is 0.716. The standard InChI is InChI=1S/C17H25N3O2/c1-13-8-10-20(11-9-13)14(2)16(21)19-17(22)18-12-15-6-4-3-5-7-15/h3-7,13-14H,8-12H2,1-2H3,(H2,18,19,21,22)/p+1/t14-/m1/s1. The summed E-state index contributed by atoms with van der Waals surface area (Å²) < 4.78 is 0. The first-order valence-corrected chi connectivity index (χ1v) is 8.03. The summed E-state index contributed by atoms with van der Waals surface area (Å²) >= 11 is 0. The molecule has 2 rings (SSSR count). The van der Waals surface area contributed by atoms with Crippen molar-refractivity contribution in [2.24, 2.45) is 5.92 Å². The van der Waals surface area contributed by atoms with Crippen LogP contribution in [0.15, 0.2) is 30.3 Å². The van der Waals surface area contributed by atoms with Gasteiger partial charge in [-0.1, -0.05) is 37.3 Å². The van der Waals surface area contributed by atoms with E-state index in [1.54, 1.807) is 0 Å². The summed E-state index contributed by atoms with van der Waals surface area (Å²) in [6.45, 7) is 6.56. The molecule has 1 aromatic carbocycles. The molecule has 1 saturated heterocycles. The second-order valence-electron chi connectivity index (χ2n) is 6.22. The Hall–Kier alpha value is -1.88. The van der Waals surface area contributed by atoms with Gasteiger partial charge in [0.25, 0.3) is 5.91 Å². The molecule has 1 aromatic rings. The number of rotatable bonds is 4. The minimum absolute atomic E-state index is 0.185. The Labute approximate surface area is 132 Å². The van der Waals surface area contributed by atoms with Crippen molar-refractivity contribution in [1.29, 1.82) is 0 Å². The van der Waals surface area contributed by atoms with Crippen molar-refractivity contribution in [2.75, 3.05) is 13.1 Å². The summed E-state index contributed by atoms with van der Waals surface area (Å²) in [5.74, 6) is 0.545. The molecule has 0 radical (unpaired) electrons. The number of piperidine rings is 1. The monoisotopic (exact) mass is 304 g/mol. The Bertz CT molecular complexity index is 496. The van der Waals surface area contributed by atoms with Crippen LogP contribution in [0.25, 0.3) is 0 Å². The number of carbonyl (C=O) groups is 2. The molecule has 120 valence electrons. The number of nitrogens with one attached hydrogen (secondary N) is 3. The van der Waals surface area contributed by atoms with Crippen LogP contribution in [0.1, 0.15) is 32.3 Å². The van der Waals surface area contributed by atoms with Crippen molar-refractivity contribution in [3.05, 3.63) is 35.9 Å². The third kappa shape index (κ3) is 4.84. The van der Waals surface area contributed by atoms with Crippen molar-refractivity contribution in [1.82, 2.24) is 10.6 Å². The first-order valence-electron chi connectivity index (χ1n) is 8.03. The molecule has 1 atom stereocenters. The van der Waals surface area contributed by atoms with E-state index in [4.69, 9.17) is 0 Å². The van der Waals surface area contributed by atoms with Gasteiger partial charge in [-0.05, 0) is 31.2 Å². The highest BCUT2D eigenvalue weighted by Crippen LogP contribution is 2.07. The van der Waals surface area contributed by atoms with Crippen molar-refractivity contribution >= 4 is 11.9 Å². The largest absolute Gasteiger partial charge is 0.334 e. The van der Waals surface area contributed by atoms with Crippen molar-refractivity contribution in [3.63, 3.8) is 0 Å². The Morgan fingerprint density at radius 1 is 1.23 bits per heavy atom. The highest BCUT2D eigenvalue weighted by molar-refractivity contribution is 5.96. The van der Waals surface area contributed by atoms with Crippen molar-refractivity contribution < 1.29 is 14.5 Å². The van der Waals surface area contributed by atoms with Crippen molar-refractivity contribution in [3.8, 4) is 0 Å². The molecule has 1 heterocycles.